The molecule has 4 aromatic rings. The number of nitrogens with one attached hydrogen (secondary N) is 2. The summed E-state index contributed by atoms with van der Waals surface area (Å²) in [5.41, 5.74) is 3.18. The van der Waals surface area contributed by atoms with E-state index in [4.69, 9.17) is 4.74 Å². The summed E-state index contributed by atoms with van der Waals surface area (Å²) in [6.07, 6.45) is 0.386. The van der Waals surface area contributed by atoms with Gasteiger partial charge in [0.15, 0.2) is 11.2 Å². The molecule has 0 amide bonds. The molecule has 0 aliphatic heterocycles. The fourth-order valence-electron chi connectivity index (χ4n) is 3.41. The molecule has 2 heterocycles. The number of hydrogen-bond donors (Lipinski definition) is 4. The van der Waals surface area contributed by atoms with Gasteiger partial charge >= 0.3 is 5.69 Å². The van der Waals surface area contributed by atoms with E-state index < -0.39 is 17.4 Å². The third kappa shape index (κ3) is 4.84. The lowest BCUT2D eigenvalue weighted by atomic mass is 10.2. The van der Waals surface area contributed by atoms with E-state index >= 15 is 0 Å². The number of imidazole rings is 1. The number of phenolic OH excluding ortho intramolecular Hbond substituents is 1. The number of phenols is 1. The minimum atomic E-state index is -1.00. The summed E-state index contributed by atoms with van der Waals surface area (Å²) in [5, 5.41) is 24.6. The maximum absolute atomic E-state index is 12.6. The van der Waals surface area contributed by atoms with Crippen LogP contribution in [-0.4, -0.2) is 48.2 Å². The van der Waals surface area contributed by atoms with Crippen molar-refractivity contribution in [1.29, 1.82) is 0 Å². The molecule has 11 nitrogen and oxygen atoms in total. The normalized spacial score (nSPS) is 12.3. The van der Waals surface area contributed by atoms with E-state index in [1.807, 2.05) is 25.1 Å². The van der Waals surface area contributed by atoms with E-state index in [0.29, 0.717) is 11.3 Å². The van der Waals surface area contributed by atoms with Crippen LogP contribution >= 0.6 is 0 Å². The third-order valence-electron chi connectivity index (χ3n) is 5.14. The van der Waals surface area contributed by atoms with E-state index in [1.54, 1.807) is 24.3 Å². The number of nitrogens with zero attached hydrogens (tertiary/aromatic N) is 4. The average molecular weight is 464 g/mol. The smallest absolute Gasteiger partial charge is 0.329 e. The number of hydrogen-bond acceptors (Lipinski definition) is 8. The summed E-state index contributed by atoms with van der Waals surface area (Å²) in [6, 6.07) is 14.0. The highest BCUT2D eigenvalue weighted by atomic mass is 16.5. The lowest BCUT2D eigenvalue weighted by molar-refractivity contribution is 0.0938. The molecule has 1 unspecified atom stereocenters. The maximum atomic E-state index is 12.6. The minimum Gasteiger partial charge on any atom is -0.507 e. The molecule has 0 radical (unpaired) electrons. The first-order valence-electron chi connectivity index (χ1n) is 10.5. The number of hydrazone groups is 1. The Morgan fingerprint density at radius 1 is 1.24 bits per heavy atom. The van der Waals surface area contributed by atoms with E-state index in [9.17, 15) is 19.8 Å². The number of aromatic amines is 1. The minimum absolute atomic E-state index is 0.0343. The van der Waals surface area contributed by atoms with E-state index in [-0.39, 0.29) is 36.0 Å². The van der Waals surface area contributed by atoms with Gasteiger partial charge in [-0.1, -0.05) is 24.3 Å². The SMILES string of the molecule is Cc1cccc(OCC(O)Cn2c(N/N=C/c3ccccc3O)nc3c2c(=O)[nH]c(=O)n3C)c1. The van der Waals surface area contributed by atoms with Crippen LogP contribution in [-0.2, 0) is 13.6 Å². The molecule has 0 aliphatic rings. The first-order chi connectivity index (χ1) is 16.3. The maximum Gasteiger partial charge on any atom is 0.329 e. The van der Waals surface area contributed by atoms with Gasteiger partial charge in [0, 0.05) is 12.6 Å². The molecule has 34 heavy (non-hydrogen) atoms. The zero-order valence-electron chi connectivity index (χ0n) is 18.6. The van der Waals surface area contributed by atoms with E-state index in [1.165, 1.54) is 28.5 Å². The quantitative estimate of drug-likeness (QED) is 0.227. The molecule has 0 saturated heterocycles. The van der Waals surface area contributed by atoms with Crippen LogP contribution in [0.1, 0.15) is 11.1 Å². The molecule has 0 saturated carbocycles. The van der Waals surface area contributed by atoms with Crippen molar-refractivity contribution in [3.05, 3.63) is 80.5 Å². The van der Waals surface area contributed by atoms with Crippen molar-refractivity contribution in [2.75, 3.05) is 12.0 Å². The van der Waals surface area contributed by atoms with Crippen LogP contribution < -0.4 is 21.4 Å². The largest absolute Gasteiger partial charge is 0.507 e. The average Bonchev–Trinajstić information content (AvgIpc) is 3.16. The molecule has 1 atom stereocenters. The van der Waals surface area contributed by atoms with Crippen molar-refractivity contribution >= 4 is 23.3 Å². The second-order valence-electron chi connectivity index (χ2n) is 7.75. The molecule has 0 spiro atoms. The Labute approximate surface area is 193 Å². The lowest BCUT2D eigenvalue weighted by Gasteiger charge is -2.15. The van der Waals surface area contributed by atoms with Gasteiger partial charge in [-0.3, -0.25) is 14.3 Å². The number of benzene rings is 2. The topological polar surface area (TPSA) is 147 Å². The molecule has 0 bridgehead atoms. The van der Waals surface area contributed by atoms with Crippen LogP contribution in [0.15, 0.2) is 63.2 Å². The molecule has 0 aliphatic carbocycles. The summed E-state index contributed by atoms with van der Waals surface area (Å²) in [7, 11) is 1.48. The Bertz CT molecular complexity index is 1470. The summed E-state index contributed by atoms with van der Waals surface area (Å²) < 4.78 is 8.30. The molecule has 0 fully saturated rings. The predicted octanol–water partition coefficient (Wildman–Crippen LogP) is 1.32. The number of aromatic nitrogens is 4. The van der Waals surface area contributed by atoms with Gasteiger partial charge in [-0.15, -0.1) is 0 Å². The molecule has 2 aromatic carbocycles. The van der Waals surface area contributed by atoms with E-state index in [0.717, 1.165) is 5.56 Å². The van der Waals surface area contributed by atoms with Crippen LogP contribution in [0.4, 0.5) is 5.95 Å². The van der Waals surface area contributed by atoms with E-state index in [2.05, 4.69) is 20.5 Å². The second kappa shape index (κ2) is 9.63. The zero-order valence-corrected chi connectivity index (χ0v) is 18.6. The number of aromatic hydroxyl groups is 1. The number of aliphatic hydroxyl groups is 1. The van der Waals surface area contributed by atoms with Crippen LogP contribution in [0, 0.1) is 6.92 Å². The lowest BCUT2D eigenvalue weighted by Crippen LogP contribution is -2.30. The number of aliphatic hydroxyl groups excluding tert-OH is 1. The van der Waals surface area contributed by atoms with Gasteiger partial charge in [-0.2, -0.15) is 10.1 Å². The van der Waals surface area contributed by atoms with Crippen molar-refractivity contribution in [2.45, 2.75) is 19.6 Å². The monoisotopic (exact) mass is 464 g/mol. The fraction of sp³-hybridized carbons (Fsp3) is 0.217. The Balaban J connectivity index is 1.63. The van der Waals surface area contributed by atoms with Crippen molar-refractivity contribution in [1.82, 2.24) is 19.1 Å². The number of para-hydroxylation sites is 1. The van der Waals surface area contributed by atoms with Crippen LogP contribution in [0.3, 0.4) is 0 Å². The highest BCUT2D eigenvalue weighted by Gasteiger charge is 2.20. The van der Waals surface area contributed by atoms with Crippen molar-refractivity contribution < 1.29 is 14.9 Å². The Morgan fingerprint density at radius 3 is 2.79 bits per heavy atom. The van der Waals surface area contributed by atoms with Gasteiger partial charge < -0.3 is 19.5 Å². The first kappa shape index (κ1) is 22.8. The molecule has 176 valence electrons. The molecule has 4 rings (SSSR count). The highest BCUT2D eigenvalue weighted by molar-refractivity contribution is 5.83. The Kier molecular flexibility index (Phi) is 6.46. The zero-order chi connectivity index (χ0) is 24.2. The van der Waals surface area contributed by atoms with Gasteiger partial charge in [0.25, 0.3) is 5.56 Å². The third-order valence-corrected chi connectivity index (χ3v) is 5.14. The fourth-order valence-corrected chi connectivity index (χ4v) is 3.41. The van der Waals surface area contributed by atoms with Crippen molar-refractivity contribution in [2.24, 2.45) is 12.1 Å². The van der Waals surface area contributed by atoms with Gasteiger partial charge in [0.1, 0.15) is 24.2 Å². The molecular weight excluding hydrogens is 440 g/mol. The number of H-pyrrole nitrogens is 1. The molecule has 11 heteroatoms. The number of ether oxygens (including phenoxy) is 1. The summed E-state index contributed by atoms with van der Waals surface area (Å²) in [5.74, 6) is 0.785. The predicted molar refractivity (Wildman–Crippen MR) is 128 cm³/mol. The first-order valence-corrected chi connectivity index (χ1v) is 10.5. The molecular formula is C23H24N6O5. The van der Waals surface area contributed by atoms with Gasteiger partial charge in [0.2, 0.25) is 5.95 Å². The van der Waals surface area contributed by atoms with Crippen LogP contribution in [0.5, 0.6) is 11.5 Å². The number of anilines is 1. The number of rotatable bonds is 8. The van der Waals surface area contributed by atoms with Gasteiger partial charge in [-0.05, 0) is 36.8 Å². The Morgan fingerprint density at radius 2 is 2.03 bits per heavy atom. The highest BCUT2D eigenvalue weighted by Crippen LogP contribution is 2.18. The molecule has 2 aromatic heterocycles. The Hall–Kier alpha value is -4.38. The number of fused-ring (bicyclic) bond motifs is 1. The summed E-state index contributed by atoms with van der Waals surface area (Å²) >= 11 is 0. The summed E-state index contributed by atoms with van der Waals surface area (Å²) in [6.45, 7) is 1.84. The van der Waals surface area contributed by atoms with Crippen molar-refractivity contribution in [3.8, 4) is 11.5 Å². The van der Waals surface area contributed by atoms with Gasteiger partial charge in [0.05, 0.1) is 12.8 Å². The van der Waals surface area contributed by atoms with Crippen LogP contribution in [0.25, 0.3) is 11.2 Å². The van der Waals surface area contributed by atoms with Gasteiger partial charge in [-0.25, -0.2) is 10.2 Å². The second-order valence-corrected chi connectivity index (χ2v) is 7.75. The van der Waals surface area contributed by atoms with Crippen molar-refractivity contribution in [3.63, 3.8) is 0 Å². The molecule has 4 N–H and O–H groups in total. The standard InChI is InChI=1S/C23H24N6O5/c1-14-6-5-8-17(10-14)34-13-16(30)12-29-19-20(28(2)23(33)26-21(19)32)25-22(29)27-24-11-15-7-3-4-9-18(15)31/h3-11,16,30-31H,12-13H2,1-2H3,(H,25,27)(H,26,32,33)/b24-11+. The van der Waals surface area contributed by atoms with Crippen LogP contribution in [0.2, 0.25) is 0 Å². The summed E-state index contributed by atoms with van der Waals surface area (Å²) in [4.78, 5) is 31.2. The number of aryl methyl sites for hydroxylation is 2.